The molecule has 1 aromatic carbocycles. The van der Waals surface area contributed by atoms with Gasteiger partial charge in [0, 0.05) is 19.7 Å². The minimum atomic E-state index is -0.590. The molecule has 0 unspecified atom stereocenters. The lowest BCUT2D eigenvalue weighted by molar-refractivity contribution is -0.128. The van der Waals surface area contributed by atoms with Crippen molar-refractivity contribution in [3.05, 3.63) is 59.5 Å². The third-order valence-corrected chi connectivity index (χ3v) is 4.28. The second-order valence-corrected chi connectivity index (χ2v) is 6.03. The molecule has 2 atom stereocenters. The van der Waals surface area contributed by atoms with Gasteiger partial charge in [0.05, 0.1) is 12.0 Å². The smallest absolute Gasteiger partial charge is 0.231 e. The summed E-state index contributed by atoms with van der Waals surface area (Å²) in [6.45, 7) is 1.91. The number of hydrogen-bond donors (Lipinski definition) is 1. The van der Waals surface area contributed by atoms with Crippen molar-refractivity contribution in [2.24, 2.45) is 5.92 Å². The van der Waals surface area contributed by atoms with Crippen LogP contribution in [-0.2, 0) is 9.59 Å². The van der Waals surface area contributed by atoms with E-state index in [9.17, 15) is 14.0 Å². The van der Waals surface area contributed by atoms with Gasteiger partial charge in [0.15, 0.2) is 0 Å². The zero-order valence-electron chi connectivity index (χ0n) is 13.5. The summed E-state index contributed by atoms with van der Waals surface area (Å²) in [6.07, 6.45) is 1.75. The molecule has 1 N–H and O–H groups in total. The van der Waals surface area contributed by atoms with E-state index in [1.54, 1.807) is 31.4 Å². The molecule has 1 fully saturated rings. The molecule has 5 nitrogen and oxygen atoms in total. The molecule has 2 aromatic rings. The zero-order chi connectivity index (χ0) is 17.3. The van der Waals surface area contributed by atoms with E-state index in [2.05, 4.69) is 10.3 Å². The van der Waals surface area contributed by atoms with E-state index in [1.807, 2.05) is 13.0 Å². The number of carbonyl (C=O) groups is 2. The molecule has 1 aromatic heterocycles. The van der Waals surface area contributed by atoms with Crippen LogP contribution in [0.3, 0.4) is 0 Å². The molecule has 1 aliphatic rings. The highest BCUT2D eigenvalue weighted by Crippen LogP contribution is 2.37. The number of halogens is 1. The quantitative estimate of drug-likeness (QED) is 0.943. The number of rotatable bonds is 3. The first-order valence-electron chi connectivity index (χ1n) is 7.70. The topological polar surface area (TPSA) is 62.3 Å². The van der Waals surface area contributed by atoms with Crippen molar-refractivity contribution in [3.63, 3.8) is 0 Å². The Kier molecular flexibility index (Phi) is 4.29. The maximum absolute atomic E-state index is 13.5. The number of nitrogens with zero attached hydrogens (tertiary/aromatic N) is 2. The van der Waals surface area contributed by atoms with E-state index in [1.165, 1.54) is 17.0 Å². The fourth-order valence-electron chi connectivity index (χ4n) is 3.01. The molecule has 0 radical (unpaired) electrons. The fourth-order valence-corrected chi connectivity index (χ4v) is 3.01. The average Bonchev–Trinajstić information content (AvgIpc) is 2.85. The Morgan fingerprint density at radius 3 is 2.79 bits per heavy atom. The van der Waals surface area contributed by atoms with E-state index in [4.69, 9.17) is 0 Å². The summed E-state index contributed by atoms with van der Waals surface area (Å²) in [5.41, 5.74) is 1.60. The third-order valence-electron chi connectivity index (χ3n) is 4.28. The van der Waals surface area contributed by atoms with Crippen molar-refractivity contribution in [2.45, 2.75) is 19.4 Å². The summed E-state index contributed by atoms with van der Waals surface area (Å²) in [5, 5.41) is 2.74. The highest BCUT2D eigenvalue weighted by Gasteiger charge is 2.42. The largest absolute Gasteiger partial charge is 0.338 e. The summed E-state index contributed by atoms with van der Waals surface area (Å²) in [6, 6.07) is 9.09. The lowest BCUT2D eigenvalue weighted by Crippen LogP contribution is -2.30. The second kappa shape index (κ2) is 6.39. The minimum absolute atomic E-state index is 0.0926. The van der Waals surface area contributed by atoms with E-state index in [-0.39, 0.29) is 24.1 Å². The average molecular weight is 327 g/mol. The van der Waals surface area contributed by atoms with Crippen molar-refractivity contribution in [1.82, 2.24) is 9.88 Å². The number of aromatic nitrogens is 1. The van der Waals surface area contributed by atoms with Gasteiger partial charge in [-0.05, 0) is 36.2 Å². The maximum atomic E-state index is 13.5. The van der Waals surface area contributed by atoms with Gasteiger partial charge >= 0.3 is 0 Å². The van der Waals surface area contributed by atoms with Gasteiger partial charge < -0.3 is 10.2 Å². The maximum Gasteiger partial charge on any atom is 0.231 e. The highest BCUT2D eigenvalue weighted by atomic mass is 19.1. The first-order chi connectivity index (χ1) is 11.5. The monoisotopic (exact) mass is 327 g/mol. The van der Waals surface area contributed by atoms with Crippen LogP contribution in [0, 0.1) is 18.7 Å². The number of anilines is 1. The first kappa shape index (κ1) is 16.1. The second-order valence-electron chi connectivity index (χ2n) is 6.03. The lowest BCUT2D eigenvalue weighted by atomic mass is 9.93. The van der Waals surface area contributed by atoms with Crippen LogP contribution in [0.1, 0.15) is 23.6 Å². The standard InChI is InChI=1S/C18H18FN3O2/c1-11-6-7-15(20-10-11)21-18(24)14-9-16(23)22(2)17(14)12-4-3-5-13(19)8-12/h3-8,10,14,17H,9H2,1-2H3,(H,20,21,24)/t14-,17+/m0/s1. The van der Waals surface area contributed by atoms with Crippen molar-refractivity contribution in [3.8, 4) is 0 Å². The number of pyridine rings is 1. The number of carbonyl (C=O) groups excluding carboxylic acids is 2. The number of likely N-dealkylation sites (tertiary alicyclic amines) is 1. The predicted octanol–water partition coefficient (Wildman–Crippen LogP) is 2.69. The molecule has 1 aliphatic heterocycles. The Labute approximate surface area is 139 Å². The summed E-state index contributed by atoms with van der Waals surface area (Å²) >= 11 is 0. The summed E-state index contributed by atoms with van der Waals surface area (Å²) in [4.78, 5) is 30.4. The summed E-state index contributed by atoms with van der Waals surface area (Å²) in [5.74, 6) is -0.975. The number of aryl methyl sites for hydroxylation is 1. The molecule has 0 bridgehead atoms. The van der Waals surface area contributed by atoms with Crippen LogP contribution in [0.2, 0.25) is 0 Å². The molecule has 0 spiro atoms. The molecule has 2 amide bonds. The van der Waals surface area contributed by atoms with Crippen LogP contribution in [0.4, 0.5) is 10.2 Å². The summed E-state index contributed by atoms with van der Waals surface area (Å²) < 4.78 is 13.5. The van der Waals surface area contributed by atoms with E-state index in [0.717, 1.165) is 5.56 Å². The molecule has 0 saturated carbocycles. The molecular formula is C18H18FN3O2. The molecular weight excluding hydrogens is 309 g/mol. The molecule has 1 saturated heterocycles. The van der Waals surface area contributed by atoms with Gasteiger partial charge in [-0.25, -0.2) is 9.37 Å². The molecule has 0 aliphatic carbocycles. The first-order valence-corrected chi connectivity index (χ1v) is 7.70. The third kappa shape index (κ3) is 3.13. The zero-order valence-corrected chi connectivity index (χ0v) is 13.5. The number of hydrogen-bond acceptors (Lipinski definition) is 3. The van der Waals surface area contributed by atoms with Crippen LogP contribution in [0.5, 0.6) is 0 Å². The molecule has 124 valence electrons. The van der Waals surface area contributed by atoms with Crippen LogP contribution < -0.4 is 5.32 Å². The number of benzene rings is 1. The van der Waals surface area contributed by atoms with Gasteiger partial charge in [-0.15, -0.1) is 0 Å². The number of amides is 2. The molecule has 6 heteroatoms. The van der Waals surface area contributed by atoms with Crippen molar-refractivity contribution in [2.75, 3.05) is 12.4 Å². The van der Waals surface area contributed by atoms with Crippen molar-refractivity contribution < 1.29 is 14.0 Å². The minimum Gasteiger partial charge on any atom is -0.338 e. The number of nitrogens with one attached hydrogen (secondary N) is 1. The van der Waals surface area contributed by atoms with E-state index < -0.39 is 12.0 Å². The van der Waals surface area contributed by atoms with Gasteiger partial charge in [0.2, 0.25) is 11.8 Å². The molecule has 2 heterocycles. The Morgan fingerprint density at radius 1 is 1.33 bits per heavy atom. The van der Waals surface area contributed by atoms with Crippen molar-refractivity contribution >= 4 is 17.6 Å². The predicted molar refractivity (Wildman–Crippen MR) is 87.6 cm³/mol. The molecule has 3 rings (SSSR count). The Balaban J connectivity index is 1.85. The van der Waals surface area contributed by atoms with Gasteiger partial charge in [-0.2, -0.15) is 0 Å². The SMILES string of the molecule is Cc1ccc(NC(=O)[C@H]2CC(=O)N(C)[C@@H]2c2cccc(F)c2)nc1. The fraction of sp³-hybridized carbons (Fsp3) is 0.278. The Bertz CT molecular complexity index is 776. The van der Waals surface area contributed by atoms with Crippen LogP contribution in [-0.4, -0.2) is 28.7 Å². The Hall–Kier alpha value is -2.76. The van der Waals surface area contributed by atoms with Crippen LogP contribution >= 0.6 is 0 Å². The van der Waals surface area contributed by atoms with Crippen LogP contribution in [0.15, 0.2) is 42.6 Å². The van der Waals surface area contributed by atoms with E-state index >= 15 is 0 Å². The van der Waals surface area contributed by atoms with Gasteiger partial charge in [-0.3, -0.25) is 9.59 Å². The highest BCUT2D eigenvalue weighted by molar-refractivity contribution is 5.97. The van der Waals surface area contributed by atoms with Gasteiger partial charge in [0.25, 0.3) is 0 Å². The normalized spacial score (nSPS) is 20.3. The van der Waals surface area contributed by atoms with E-state index in [0.29, 0.717) is 11.4 Å². The summed E-state index contributed by atoms with van der Waals surface area (Å²) in [7, 11) is 1.63. The molecule has 24 heavy (non-hydrogen) atoms. The van der Waals surface area contributed by atoms with Crippen LogP contribution in [0.25, 0.3) is 0 Å². The van der Waals surface area contributed by atoms with Gasteiger partial charge in [0.1, 0.15) is 11.6 Å². The Morgan fingerprint density at radius 2 is 2.12 bits per heavy atom. The van der Waals surface area contributed by atoms with Crippen molar-refractivity contribution in [1.29, 1.82) is 0 Å². The van der Waals surface area contributed by atoms with Gasteiger partial charge in [-0.1, -0.05) is 18.2 Å². The lowest BCUT2D eigenvalue weighted by Gasteiger charge is -2.24.